The van der Waals surface area contributed by atoms with Crippen LogP contribution < -0.4 is 0 Å². The highest BCUT2D eigenvalue weighted by Gasteiger charge is 2.55. The predicted molar refractivity (Wildman–Crippen MR) is 49.1 cm³/mol. The van der Waals surface area contributed by atoms with E-state index in [-0.39, 0.29) is 0 Å². The van der Waals surface area contributed by atoms with Crippen LogP contribution in [0.15, 0.2) is 12.1 Å². The molecule has 14 heavy (non-hydrogen) atoms. The summed E-state index contributed by atoms with van der Waals surface area (Å²) in [5, 5.41) is 0. The molecule has 0 saturated carbocycles. The SMILES string of the molecule is c1cc2c(c3c1C[C@@H]1O[C@H]31)[C@H]1O[C@H]1C2. The summed E-state index contributed by atoms with van der Waals surface area (Å²) in [5.41, 5.74) is 6.03. The van der Waals surface area contributed by atoms with Gasteiger partial charge in [-0.05, 0) is 22.3 Å². The van der Waals surface area contributed by atoms with E-state index >= 15 is 0 Å². The smallest absolute Gasteiger partial charge is 0.110 e. The summed E-state index contributed by atoms with van der Waals surface area (Å²) >= 11 is 0. The second-order valence-electron chi connectivity index (χ2n) is 4.81. The van der Waals surface area contributed by atoms with Crippen molar-refractivity contribution in [3.05, 3.63) is 34.4 Å². The Kier molecular flexibility index (Phi) is 0.835. The minimum atomic E-state index is 0.433. The first-order valence-corrected chi connectivity index (χ1v) is 5.37. The van der Waals surface area contributed by atoms with Crippen molar-refractivity contribution in [3.8, 4) is 0 Å². The molecule has 4 atom stereocenters. The number of benzene rings is 1. The van der Waals surface area contributed by atoms with Gasteiger partial charge in [-0.15, -0.1) is 0 Å². The number of hydrogen-bond acceptors (Lipinski definition) is 2. The lowest BCUT2D eigenvalue weighted by Gasteiger charge is -2.10. The fourth-order valence-corrected chi connectivity index (χ4v) is 3.29. The van der Waals surface area contributed by atoms with Gasteiger partial charge in [-0.25, -0.2) is 0 Å². The van der Waals surface area contributed by atoms with E-state index in [1.54, 1.807) is 0 Å². The van der Waals surface area contributed by atoms with E-state index in [0.29, 0.717) is 24.4 Å². The van der Waals surface area contributed by atoms with Crippen molar-refractivity contribution in [1.82, 2.24) is 0 Å². The molecule has 4 aliphatic rings. The number of hydrogen-bond donors (Lipinski definition) is 0. The summed E-state index contributed by atoms with van der Waals surface area (Å²) in [5.74, 6) is 0. The summed E-state index contributed by atoms with van der Waals surface area (Å²) in [4.78, 5) is 0. The summed E-state index contributed by atoms with van der Waals surface area (Å²) in [7, 11) is 0. The highest BCUT2D eigenvalue weighted by molar-refractivity contribution is 5.54. The Bertz CT molecular complexity index is 423. The Balaban J connectivity index is 1.85. The third-order valence-electron chi connectivity index (χ3n) is 4.04. The molecular formula is C12H10O2. The second-order valence-corrected chi connectivity index (χ2v) is 4.81. The van der Waals surface area contributed by atoms with Crippen molar-refractivity contribution < 1.29 is 9.47 Å². The molecule has 0 radical (unpaired) electrons. The van der Waals surface area contributed by atoms with Gasteiger partial charge in [0.25, 0.3) is 0 Å². The molecule has 5 rings (SSSR count). The van der Waals surface area contributed by atoms with Crippen molar-refractivity contribution in [2.75, 3.05) is 0 Å². The zero-order chi connectivity index (χ0) is 8.86. The highest BCUT2D eigenvalue weighted by Crippen LogP contribution is 2.58. The standard InChI is InChI=1S/C12H10O2/c1-2-6-4-8-12(14-8)10(6)9-5(1)3-7-11(9)13-7/h1-2,7-8,11-12H,3-4H2/t7-,8-,11-,12-/m0/s1. The summed E-state index contributed by atoms with van der Waals surface area (Å²) in [6.45, 7) is 0. The van der Waals surface area contributed by atoms with Gasteiger partial charge in [0.1, 0.15) is 12.2 Å². The van der Waals surface area contributed by atoms with Gasteiger partial charge < -0.3 is 9.47 Å². The Labute approximate surface area is 81.8 Å². The number of epoxide rings is 2. The molecule has 0 aromatic heterocycles. The van der Waals surface area contributed by atoms with Gasteiger partial charge >= 0.3 is 0 Å². The van der Waals surface area contributed by atoms with Gasteiger partial charge in [-0.3, -0.25) is 0 Å². The van der Waals surface area contributed by atoms with Gasteiger partial charge in [-0.2, -0.15) is 0 Å². The van der Waals surface area contributed by atoms with Crippen LogP contribution in [0.25, 0.3) is 0 Å². The van der Waals surface area contributed by atoms with Crippen molar-refractivity contribution in [3.63, 3.8) is 0 Å². The Hall–Kier alpha value is -0.860. The molecule has 2 saturated heterocycles. The van der Waals surface area contributed by atoms with E-state index in [1.807, 2.05) is 0 Å². The van der Waals surface area contributed by atoms with E-state index < -0.39 is 0 Å². The molecule has 0 unspecified atom stereocenters. The largest absolute Gasteiger partial charge is 0.364 e. The van der Waals surface area contributed by atoms with Crippen molar-refractivity contribution in [2.24, 2.45) is 0 Å². The maximum atomic E-state index is 5.62. The van der Waals surface area contributed by atoms with Gasteiger partial charge in [-0.1, -0.05) is 12.1 Å². The number of rotatable bonds is 0. The van der Waals surface area contributed by atoms with Crippen LogP contribution in [-0.2, 0) is 22.3 Å². The maximum absolute atomic E-state index is 5.62. The van der Waals surface area contributed by atoms with Gasteiger partial charge in [0.2, 0.25) is 0 Å². The molecule has 2 nitrogen and oxygen atoms in total. The first-order chi connectivity index (χ1) is 6.92. The lowest BCUT2D eigenvalue weighted by atomic mass is 9.98. The Morgan fingerprint density at radius 1 is 0.857 bits per heavy atom. The highest BCUT2D eigenvalue weighted by atomic mass is 16.6. The second kappa shape index (κ2) is 1.77. The van der Waals surface area contributed by atoms with Crippen LogP contribution in [0.2, 0.25) is 0 Å². The summed E-state index contributed by atoms with van der Waals surface area (Å²) in [6.07, 6.45) is 4.14. The molecule has 70 valence electrons. The van der Waals surface area contributed by atoms with E-state index in [1.165, 1.54) is 22.3 Å². The van der Waals surface area contributed by atoms with Crippen LogP contribution >= 0.6 is 0 Å². The minimum absolute atomic E-state index is 0.433. The molecule has 2 heterocycles. The fraction of sp³-hybridized carbons (Fsp3) is 0.500. The van der Waals surface area contributed by atoms with E-state index in [2.05, 4.69) is 12.1 Å². The molecule has 2 aliphatic heterocycles. The fourth-order valence-electron chi connectivity index (χ4n) is 3.29. The van der Waals surface area contributed by atoms with Crippen LogP contribution in [0.5, 0.6) is 0 Å². The third kappa shape index (κ3) is 0.588. The van der Waals surface area contributed by atoms with Crippen LogP contribution in [0.1, 0.15) is 34.5 Å². The summed E-state index contributed by atoms with van der Waals surface area (Å²) in [6, 6.07) is 4.60. The lowest BCUT2D eigenvalue weighted by molar-refractivity contribution is 0.346. The molecule has 0 N–H and O–H groups in total. The van der Waals surface area contributed by atoms with E-state index in [0.717, 1.165) is 12.8 Å². The molecule has 0 spiro atoms. The summed E-state index contributed by atoms with van der Waals surface area (Å²) < 4.78 is 11.2. The molecule has 1 aromatic rings. The lowest BCUT2D eigenvalue weighted by Crippen LogP contribution is -1.97. The monoisotopic (exact) mass is 186 g/mol. The average molecular weight is 186 g/mol. The van der Waals surface area contributed by atoms with Crippen LogP contribution in [0, 0.1) is 0 Å². The average Bonchev–Trinajstić information content (AvgIpc) is 3.06. The Morgan fingerprint density at radius 2 is 1.36 bits per heavy atom. The van der Waals surface area contributed by atoms with Gasteiger partial charge in [0, 0.05) is 12.8 Å². The van der Waals surface area contributed by atoms with E-state index in [9.17, 15) is 0 Å². The molecule has 1 aromatic carbocycles. The molecule has 0 bridgehead atoms. The number of fused-ring (bicyclic) bond motifs is 7. The van der Waals surface area contributed by atoms with Crippen molar-refractivity contribution in [2.45, 2.75) is 37.3 Å². The molecule has 2 heteroatoms. The molecule has 2 aliphatic carbocycles. The number of ether oxygens (including phenoxy) is 2. The normalized spacial score (nSPS) is 44.0. The third-order valence-corrected chi connectivity index (χ3v) is 4.04. The Morgan fingerprint density at radius 3 is 1.86 bits per heavy atom. The first kappa shape index (κ1) is 6.59. The quantitative estimate of drug-likeness (QED) is 0.576. The zero-order valence-corrected chi connectivity index (χ0v) is 7.69. The molecule has 2 fully saturated rings. The maximum Gasteiger partial charge on any atom is 0.110 e. The van der Waals surface area contributed by atoms with Crippen molar-refractivity contribution >= 4 is 0 Å². The van der Waals surface area contributed by atoms with Crippen LogP contribution in [0.3, 0.4) is 0 Å². The van der Waals surface area contributed by atoms with Gasteiger partial charge in [0.15, 0.2) is 0 Å². The van der Waals surface area contributed by atoms with E-state index in [4.69, 9.17) is 9.47 Å². The van der Waals surface area contributed by atoms with Gasteiger partial charge in [0.05, 0.1) is 12.2 Å². The minimum Gasteiger partial charge on any atom is -0.364 e. The predicted octanol–water partition coefficient (Wildman–Crippen LogP) is 1.68. The first-order valence-electron chi connectivity index (χ1n) is 5.37. The zero-order valence-electron chi connectivity index (χ0n) is 7.69. The molecular weight excluding hydrogens is 176 g/mol. The topological polar surface area (TPSA) is 25.1 Å². The van der Waals surface area contributed by atoms with Crippen LogP contribution in [-0.4, -0.2) is 12.2 Å². The van der Waals surface area contributed by atoms with Crippen LogP contribution in [0.4, 0.5) is 0 Å². The molecule has 0 amide bonds. The van der Waals surface area contributed by atoms with Crippen molar-refractivity contribution in [1.29, 1.82) is 0 Å².